The Balaban J connectivity index is 1.46. The second-order valence-electron chi connectivity index (χ2n) is 6.68. The summed E-state index contributed by atoms with van der Waals surface area (Å²) >= 11 is 7.30. The van der Waals surface area contributed by atoms with Crippen molar-refractivity contribution in [3.8, 4) is 0 Å². The maximum absolute atomic E-state index is 13.2. The third kappa shape index (κ3) is 4.32. The van der Waals surface area contributed by atoms with E-state index in [2.05, 4.69) is 14.9 Å². The molecular formula is C20H16ClF3N4OS. The van der Waals surface area contributed by atoms with Crippen molar-refractivity contribution in [1.82, 2.24) is 9.88 Å². The molecule has 5 nitrogen and oxygen atoms in total. The van der Waals surface area contributed by atoms with Crippen molar-refractivity contribution in [3.63, 3.8) is 0 Å². The lowest BCUT2D eigenvalue weighted by atomic mass is 10.1. The number of anilines is 1. The summed E-state index contributed by atoms with van der Waals surface area (Å²) in [7, 11) is 0. The number of hydrogen-bond donors (Lipinski definition) is 0. The molecule has 1 amide bonds. The normalized spacial score (nSPS) is 18.9. The Labute approximate surface area is 180 Å². The van der Waals surface area contributed by atoms with Crippen LogP contribution in [0.15, 0.2) is 52.5 Å². The average molecular weight is 453 g/mol. The number of pyridine rings is 1. The number of alkyl halides is 3. The minimum absolute atomic E-state index is 0.0492. The maximum Gasteiger partial charge on any atom is 0.416 e. The van der Waals surface area contributed by atoms with Crippen LogP contribution in [0.3, 0.4) is 0 Å². The predicted molar refractivity (Wildman–Crippen MR) is 112 cm³/mol. The lowest BCUT2D eigenvalue weighted by molar-refractivity contribution is -0.137. The highest BCUT2D eigenvalue weighted by atomic mass is 35.5. The van der Waals surface area contributed by atoms with Crippen molar-refractivity contribution in [2.24, 2.45) is 4.99 Å². The first-order chi connectivity index (χ1) is 14.3. The summed E-state index contributed by atoms with van der Waals surface area (Å²) in [4.78, 5) is 24.8. The molecule has 1 fully saturated rings. The van der Waals surface area contributed by atoms with Crippen LogP contribution in [-0.2, 0) is 11.0 Å². The molecule has 0 aliphatic carbocycles. The van der Waals surface area contributed by atoms with Gasteiger partial charge in [0.15, 0.2) is 5.17 Å². The van der Waals surface area contributed by atoms with E-state index in [1.165, 1.54) is 24.3 Å². The standard InChI is InChI=1S/C20H16ClF3N4OS/c21-15-6-3-7-25-17(15)27-8-10-28(11-9-27)19-26-18(29)16(30-19)12-13-4-1-2-5-14(13)20(22,23)24/h1-7,12H,8-11H2/b16-12+. The van der Waals surface area contributed by atoms with Gasteiger partial charge in [-0.1, -0.05) is 29.8 Å². The highest BCUT2D eigenvalue weighted by molar-refractivity contribution is 8.18. The maximum atomic E-state index is 13.2. The predicted octanol–water partition coefficient (Wildman–Crippen LogP) is 4.55. The molecule has 0 saturated carbocycles. The Morgan fingerprint density at radius 1 is 1.03 bits per heavy atom. The van der Waals surface area contributed by atoms with Crippen molar-refractivity contribution in [2.75, 3.05) is 31.1 Å². The number of amides is 1. The Hall–Kier alpha value is -2.52. The number of thioether (sulfide) groups is 1. The molecule has 0 bridgehead atoms. The summed E-state index contributed by atoms with van der Waals surface area (Å²) in [5.74, 6) is 0.183. The van der Waals surface area contributed by atoms with Gasteiger partial charge in [0, 0.05) is 32.4 Å². The van der Waals surface area contributed by atoms with E-state index in [0.717, 1.165) is 17.8 Å². The first-order valence-corrected chi connectivity index (χ1v) is 10.3. The number of nitrogens with zero attached hydrogens (tertiary/aromatic N) is 4. The third-order valence-corrected chi connectivity index (χ3v) is 6.09. The Bertz CT molecular complexity index is 1030. The summed E-state index contributed by atoms with van der Waals surface area (Å²) in [6.45, 7) is 2.47. The molecule has 0 radical (unpaired) electrons. The first kappa shape index (κ1) is 20.7. The van der Waals surface area contributed by atoms with E-state index in [1.54, 1.807) is 18.3 Å². The summed E-state index contributed by atoms with van der Waals surface area (Å²) in [6, 6.07) is 8.72. The van der Waals surface area contributed by atoms with Crippen molar-refractivity contribution in [3.05, 3.63) is 63.6 Å². The Morgan fingerprint density at radius 3 is 2.43 bits per heavy atom. The molecule has 30 heavy (non-hydrogen) atoms. The summed E-state index contributed by atoms with van der Waals surface area (Å²) in [5, 5.41) is 1.07. The highest BCUT2D eigenvalue weighted by Crippen LogP contribution is 2.36. The monoisotopic (exact) mass is 452 g/mol. The molecule has 2 aliphatic rings. The molecule has 3 heterocycles. The number of hydrogen-bond acceptors (Lipinski definition) is 5. The molecule has 0 N–H and O–H groups in total. The number of aliphatic imine (C=N–C) groups is 1. The van der Waals surface area contributed by atoms with Gasteiger partial charge < -0.3 is 9.80 Å². The molecule has 4 rings (SSSR count). The van der Waals surface area contributed by atoms with E-state index in [4.69, 9.17) is 11.6 Å². The lowest BCUT2D eigenvalue weighted by Gasteiger charge is -2.36. The van der Waals surface area contributed by atoms with Crippen molar-refractivity contribution >= 4 is 46.3 Å². The minimum Gasteiger partial charge on any atom is -0.352 e. The fourth-order valence-corrected chi connectivity index (χ4v) is 4.47. The fourth-order valence-electron chi connectivity index (χ4n) is 3.28. The number of carbonyl (C=O) groups is 1. The van der Waals surface area contributed by atoms with E-state index in [0.29, 0.717) is 42.2 Å². The molecule has 1 saturated heterocycles. The molecule has 156 valence electrons. The average Bonchev–Trinajstić information content (AvgIpc) is 3.08. The number of benzene rings is 1. The number of aromatic nitrogens is 1. The number of halogens is 4. The zero-order valence-corrected chi connectivity index (χ0v) is 17.1. The van der Waals surface area contributed by atoms with Gasteiger partial charge in [-0.15, -0.1) is 0 Å². The summed E-state index contributed by atoms with van der Waals surface area (Å²) < 4.78 is 39.6. The SMILES string of the molecule is O=C1N=C(N2CCN(c3ncccc3Cl)CC2)S/C1=C/c1ccccc1C(F)(F)F. The third-order valence-electron chi connectivity index (χ3n) is 4.75. The van der Waals surface area contributed by atoms with E-state index in [9.17, 15) is 18.0 Å². The number of carbonyl (C=O) groups excluding carboxylic acids is 1. The van der Waals surface area contributed by atoms with E-state index >= 15 is 0 Å². The van der Waals surface area contributed by atoms with Gasteiger partial charge in [0.1, 0.15) is 5.82 Å². The van der Waals surface area contributed by atoms with Crippen LogP contribution in [0, 0.1) is 0 Å². The van der Waals surface area contributed by atoms with Gasteiger partial charge in [0.05, 0.1) is 15.5 Å². The van der Waals surface area contributed by atoms with Crippen molar-refractivity contribution < 1.29 is 18.0 Å². The zero-order valence-electron chi connectivity index (χ0n) is 15.6. The molecule has 1 aromatic carbocycles. The molecule has 0 spiro atoms. The fraction of sp³-hybridized carbons (Fsp3) is 0.250. The van der Waals surface area contributed by atoms with Gasteiger partial charge in [-0.2, -0.15) is 18.2 Å². The van der Waals surface area contributed by atoms with Crippen molar-refractivity contribution in [1.29, 1.82) is 0 Å². The second-order valence-corrected chi connectivity index (χ2v) is 8.09. The molecule has 0 unspecified atom stereocenters. The van der Waals surface area contributed by atoms with E-state index in [1.807, 2.05) is 4.90 Å². The molecule has 2 aliphatic heterocycles. The van der Waals surface area contributed by atoms with E-state index < -0.39 is 17.6 Å². The van der Waals surface area contributed by atoms with Crippen LogP contribution in [0.4, 0.5) is 19.0 Å². The molecular weight excluding hydrogens is 437 g/mol. The van der Waals surface area contributed by atoms with Crippen LogP contribution in [0.5, 0.6) is 0 Å². The van der Waals surface area contributed by atoms with Crippen LogP contribution in [0.2, 0.25) is 5.02 Å². The highest BCUT2D eigenvalue weighted by Gasteiger charge is 2.34. The zero-order chi connectivity index (χ0) is 21.3. The largest absolute Gasteiger partial charge is 0.416 e. The number of piperazine rings is 1. The van der Waals surface area contributed by atoms with Gasteiger partial charge in [-0.3, -0.25) is 4.79 Å². The van der Waals surface area contributed by atoms with Crippen LogP contribution in [0.25, 0.3) is 6.08 Å². The van der Waals surface area contributed by atoms with Gasteiger partial charge in [-0.25, -0.2) is 4.98 Å². The molecule has 10 heteroatoms. The van der Waals surface area contributed by atoms with Crippen LogP contribution >= 0.6 is 23.4 Å². The van der Waals surface area contributed by atoms with Gasteiger partial charge >= 0.3 is 6.18 Å². The topological polar surface area (TPSA) is 48.8 Å². The molecule has 2 aromatic rings. The quantitative estimate of drug-likeness (QED) is 0.626. The van der Waals surface area contributed by atoms with Crippen LogP contribution in [-0.4, -0.2) is 47.1 Å². The van der Waals surface area contributed by atoms with Crippen LogP contribution < -0.4 is 4.90 Å². The second kappa shape index (κ2) is 8.31. The Morgan fingerprint density at radius 2 is 1.73 bits per heavy atom. The Kier molecular flexibility index (Phi) is 5.75. The summed E-state index contributed by atoms with van der Waals surface area (Å²) in [6.07, 6.45) is -1.55. The summed E-state index contributed by atoms with van der Waals surface area (Å²) in [5.41, 5.74) is -0.827. The van der Waals surface area contributed by atoms with Gasteiger partial charge in [0.2, 0.25) is 0 Å². The van der Waals surface area contributed by atoms with Crippen molar-refractivity contribution in [2.45, 2.75) is 6.18 Å². The van der Waals surface area contributed by atoms with Crippen LogP contribution in [0.1, 0.15) is 11.1 Å². The lowest BCUT2D eigenvalue weighted by Crippen LogP contribution is -2.48. The smallest absolute Gasteiger partial charge is 0.352 e. The minimum atomic E-state index is -4.49. The molecule has 1 aromatic heterocycles. The number of amidine groups is 1. The molecule has 0 atom stereocenters. The van der Waals surface area contributed by atoms with Gasteiger partial charge in [0.25, 0.3) is 5.91 Å². The van der Waals surface area contributed by atoms with E-state index in [-0.39, 0.29) is 10.5 Å². The number of rotatable bonds is 2. The first-order valence-electron chi connectivity index (χ1n) is 9.12. The van der Waals surface area contributed by atoms with Gasteiger partial charge in [-0.05, 0) is 41.6 Å².